The molecule has 0 aliphatic carbocycles. The number of carbonyl (C=O) groups excluding carboxylic acids is 2. The van der Waals surface area contributed by atoms with Crippen LogP contribution in [-0.2, 0) is 4.79 Å². The largest absolute Gasteiger partial charge is 0.497 e. The molecule has 0 spiro atoms. The molecule has 0 saturated carbocycles. The van der Waals surface area contributed by atoms with Crippen molar-refractivity contribution in [1.82, 2.24) is 9.55 Å². The number of hydrogen-bond donors (Lipinski definition) is 2. The number of aromatic amines is 1. The third kappa shape index (κ3) is 2.67. The summed E-state index contributed by atoms with van der Waals surface area (Å²) in [6, 6.07) is 5.14. The Labute approximate surface area is 141 Å². The normalized spacial score (nSPS) is 14.8. The average molecular weight is 343 g/mol. The van der Waals surface area contributed by atoms with Crippen LogP contribution in [-0.4, -0.2) is 33.6 Å². The van der Waals surface area contributed by atoms with Crippen molar-refractivity contribution in [3.8, 4) is 11.6 Å². The number of carbonyl (C=O) groups is 2. The van der Waals surface area contributed by atoms with Gasteiger partial charge in [-0.2, -0.15) is 0 Å². The fourth-order valence-electron chi connectivity index (χ4n) is 2.41. The monoisotopic (exact) mass is 343 g/mol. The number of nitrogens with zero attached hydrogens (tertiary/aromatic N) is 2. The molecule has 2 N–H and O–H groups in total. The predicted molar refractivity (Wildman–Crippen MR) is 88.8 cm³/mol. The molecule has 1 aromatic carbocycles. The average Bonchev–Trinajstić information content (AvgIpc) is 2.81. The maximum Gasteiger partial charge on any atom is 0.277 e. The van der Waals surface area contributed by atoms with Crippen molar-refractivity contribution in [2.45, 2.75) is 6.92 Å². The molecule has 2 aromatic rings. The second kappa shape index (κ2) is 5.89. The molecule has 122 valence electrons. The van der Waals surface area contributed by atoms with Gasteiger partial charge in [0, 0.05) is 17.7 Å². The number of methoxy groups -OCH3 is 1. The first-order valence-electron chi connectivity index (χ1n) is 6.96. The van der Waals surface area contributed by atoms with E-state index >= 15 is 0 Å². The standard InChI is InChI=1S/C16H13N3O4S/c1-8(20)19-13(15(22)18-16(19)24)7-10-5-9-6-11(23-2)3-4-12(9)17-14(10)21/h3-7,22H,1-2H3,(H,18,24)/b10-7+. The van der Waals surface area contributed by atoms with E-state index < -0.39 is 5.91 Å². The van der Waals surface area contributed by atoms with Gasteiger partial charge in [0.05, 0.1) is 12.5 Å². The molecule has 8 heteroatoms. The van der Waals surface area contributed by atoms with Crippen LogP contribution >= 0.6 is 12.2 Å². The Morgan fingerprint density at radius 2 is 2.21 bits per heavy atom. The number of amides is 1. The lowest BCUT2D eigenvalue weighted by Gasteiger charge is -2.06. The van der Waals surface area contributed by atoms with Crippen LogP contribution in [0, 0.1) is 4.77 Å². The third-order valence-corrected chi connectivity index (χ3v) is 3.82. The third-order valence-electron chi connectivity index (χ3n) is 3.53. The van der Waals surface area contributed by atoms with Gasteiger partial charge in [-0.05, 0) is 42.6 Å². The predicted octanol–water partition coefficient (Wildman–Crippen LogP) is 0.944. The quantitative estimate of drug-likeness (QED) is 0.625. The number of fused-ring (bicyclic) bond motifs is 1. The molecule has 1 aliphatic rings. The molecule has 7 nitrogen and oxygen atoms in total. The fourth-order valence-corrected chi connectivity index (χ4v) is 2.74. The van der Waals surface area contributed by atoms with Crippen LogP contribution in [0.15, 0.2) is 28.8 Å². The van der Waals surface area contributed by atoms with Crippen molar-refractivity contribution in [2.24, 2.45) is 4.99 Å². The summed E-state index contributed by atoms with van der Waals surface area (Å²) in [7, 11) is 1.54. The Morgan fingerprint density at radius 1 is 1.46 bits per heavy atom. The second-order valence-electron chi connectivity index (χ2n) is 5.10. The van der Waals surface area contributed by atoms with Crippen molar-refractivity contribution >= 4 is 36.2 Å². The number of aromatic hydroxyl groups is 1. The van der Waals surface area contributed by atoms with Crippen molar-refractivity contribution < 1.29 is 19.4 Å². The van der Waals surface area contributed by atoms with Gasteiger partial charge in [0.15, 0.2) is 4.77 Å². The summed E-state index contributed by atoms with van der Waals surface area (Å²) in [5, 5.41) is 11.2. The van der Waals surface area contributed by atoms with Crippen LogP contribution in [0.3, 0.4) is 0 Å². The SMILES string of the molecule is COc1ccc2c(c1)=C/C(=C\c1c(O)[nH]c(=S)n1C(C)=O)C(=O)N=2. The van der Waals surface area contributed by atoms with Gasteiger partial charge in [0.1, 0.15) is 11.4 Å². The number of ether oxygens (including phenoxy) is 1. The number of H-pyrrole nitrogens is 1. The number of imidazole rings is 1. The van der Waals surface area contributed by atoms with E-state index in [4.69, 9.17) is 17.0 Å². The molecule has 0 atom stereocenters. The minimum atomic E-state index is -0.478. The molecule has 0 fully saturated rings. The Kier molecular flexibility index (Phi) is 3.90. The lowest BCUT2D eigenvalue weighted by Crippen LogP contribution is -2.30. The van der Waals surface area contributed by atoms with Gasteiger partial charge >= 0.3 is 0 Å². The van der Waals surface area contributed by atoms with Gasteiger partial charge in [-0.1, -0.05) is 0 Å². The number of nitrogens with one attached hydrogen (secondary N) is 1. The van der Waals surface area contributed by atoms with Crippen LogP contribution < -0.4 is 15.3 Å². The van der Waals surface area contributed by atoms with Crippen molar-refractivity contribution in [1.29, 1.82) is 0 Å². The summed E-state index contributed by atoms with van der Waals surface area (Å²) in [5.41, 5.74) is 0.323. The maximum atomic E-state index is 12.2. The van der Waals surface area contributed by atoms with E-state index in [1.165, 1.54) is 13.0 Å². The summed E-state index contributed by atoms with van der Waals surface area (Å²) in [6.07, 6.45) is 2.99. The lowest BCUT2D eigenvalue weighted by molar-refractivity contribution is -0.114. The van der Waals surface area contributed by atoms with Crippen LogP contribution in [0.25, 0.3) is 12.2 Å². The molecule has 2 heterocycles. The van der Waals surface area contributed by atoms with Crippen molar-refractivity contribution in [2.75, 3.05) is 7.11 Å². The minimum absolute atomic E-state index is 0.0501. The Morgan fingerprint density at radius 3 is 2.88 bits per heavy atom. The number of benzene rings is 1. The first-order chi connectivity index (χ1) is 11.4. The Hall–Kier alpha value is -3.00. The molecule has 3 rings (SSSR count). The van der Waals surface area contributed by atoms with E-state index in [-0.39, 0.29) is 27.8 Å². The van der Waals surface area contributed by atoms with E-state index in [1.807, 2.05) is 0 Å². The van der Waals surface area contributed by atoms with E-state index in [9.17, 15) is 14.7 Å². The number of rotatable bonds is 2. The Balaban J connectivity index is 2.22. The lowest BCUT2D eigenvalue weighted by atomic mass is 10.1. The smallest absolute Gasteiger partial charge is 0.277 e. The molecule has 24 heavy (non-hydrogen) atoms. The van der Waals surface area contributed by atoms with Gasteiger partial charge in [0.2, 0.25) is 11.8 Å². The topological polar surface area (TPSA) is 96.7 Å². The molecule has 0 bridgehead atoms. The summed E-state index contributed by atoms with van der Waals surface area (Å²) in [5.74, 6) is -0.523. The maximum absolute atomic E-state index is 12.2. The van der Waals surface area contributed by atoms with E-state index in [1.54, 1.807) is 31.4 Å². The highest BCUT2D eigenvalue weighted by atomic mass is 32.1. The van der Waals surface area contributed by atoms with Crippen LogP contribution in [0.2, 0.25) is 0 Å². The number of aromatic nitrogens is 2. The first-order valence-corrected chi connectivity index (χ1v) is 7.37. The molecule has 1 aliphatic heterocycles. The second-order valence-corrected chi connectivity index (χ2v) is 5.49. The summed E-state index contributed by atoms with van der Waals surface area (Å²) >= 11 is 4.99. The van der Waals surface area contributed by atoms with Gasteiger partial charge in [-0.15, -0.1) is 0 Å². The van der Waals surface area contributed by atoms with Gasteiger partial charge in [-0.25, -0.2) is 4.99 Å². The van der Waals surface area contributed by atoms with Gasteiger partial charge in [-0.3, -0.25) is 14.2 Å². The van der Waals surface area contributed by atoms with Crippen molar-refractivity contribution in [3.63, 3.8) is 0 Å². The summed E-state index contributed by atoms with van der Waals surface area (Å²) in [4.78, 5) is 30.4. The number of hydrogen-bond acceptors (Lipinski definition) is 5. The van der Waals surface area contributed by atoms with Crippen LogP contribution in [0.1, 0.15) is 17.4 Å². The zero-order valence-corrected chi connectivity index (χ0v) is 13.7. The summed E-state index contributed by atoms with van der Waals surface area (Å²) < 4.78 is 6.32. The highest BCUT2D eigenvalue weighted by Crippen LogP contribution is 2.21. The van der Waals surface area contributed by atoms with Crippen LogP contribution in [0.5, 0.6) is 11.6 Å². The molecular formula is C16H13N3O4S. The van der Waals surface area contributed by atoms with Crippen LogP contribution in [0.4, 0.5) is 0 Å². The van der Waals surface area contributed by atoms with Gasteiger partial charge < -0.3 is 14.8 Å². The first kappa shape index (κ1) is 15.9. The molecule has 1 aromatic heterocycles. The molecule has 1 amide bonds. The summed E-state index contributed by atoms with van der Waals surface area (Å²) in [6.45, 7) is 1.31. The zero-order valence-electron chi connectivity index (χ0n) is 12.9. The molecular weight excluding hydrogens is 330 g/mol. The molecule has 0 saturated heterocycles. The Bertz CT molecular complexity index is 1080. The fraction of sp³-hybridized carbons (Fsp3) is 0.125. The molecule has 0 radical (unpaired) electrons. The van der Waals surface area contributed by atoms with E-state index in [0.29, 0.717) is 16.3 Å². The van der Waals surface area contributed by atoms with E-state index in [2.05, 4.69) is 9.98 Å². The van der Waals surface area contributed by atoms with E-state index in [0.717, 1.165) is 4.57 Å². The highest BCUT2D eigenvalue weighted by Gasteiger charge is 2.17. The van der Waals surface area contributed by atoms with Gasteiger partial charge in [0.25, 0.3) is 5.91 Å². The zero-order chi connectivity index (χ0) is 17.4. The van der Waals surface area contributed by atoms with Crippen molar-refractivity contribution in [3.05, 3.63) is 44.8 Å². The minimum Gasteiger partial charge on any atom is -0.497 e. The molecule has 0 unspecified atom stereocenters. The highest BCUT2D eigenvalue weighted by molar-refractivity contribution is 7.71.